The third kappa shape index (κ3) is 5.22. The van der Waals surface area contributed by atoms with E-state index in [4.69, 9.17) is 5.73 Å². The first kappa shape index (κ1) is 24.4. The van der Waals surface area contributed by atoms with Crippen LogP contribution in [0.5, 0.6) is 0 Å². The summed E-state index contributed by atoms with van der Waals surface area (Å²) in [7, 11) is 0. The molecule has 0 aliphatic carbocycles. The average molecular weight is 474 g/mol. The van der Waals surface area contributed by atoms with E-state index in [2.05, 4.69) is 9.97 Å². The van der Waals surface area contributed by atoms with Crippen LogP contribution in [0.15, 0.2) is 33.9 Å². The first-order valence-corrected chi connectivity index (χ1v) is 11.5. The highest BCUT2D eigenvalue weighted by Gasteiger charge is 2.29. The molecule has 8 nitrogen and oxygen atoms in total. The van der Waals surface area contributed by atoms with Gasteiger partial charge >= 0.3 is 5.69 Å². The minimum Gasteiger partial charge on any atom is -0.383 e. The van der Waals surface area contributed by atoms with Crippen LogP contribution in [0.4, 0.5) is 15.9 Å². The van der Waals surface area contributed by atoms with Crippen molar-refractivity contribution in [1.29, 1.82) is 0 Å². The van der Waals surface area contributed by atoms with Gasteiger partial charge in [0.1, 0.15) is 21.5 Å². The molecule has 3 aromatic rings. The fourth-order valence-corrected chi connectivity index (χ4v) is 4.48. The molecule has 10 heteroatoms. The third-order valence-electron chi connectivity index (χ3n) is 4.91. The van der Waals surface area contributed by atoms with Crippen LogP contribution in [-0.2, 0) is 6.54 Å². The lowest BCUT2D eigenvalue weighted by molar-refractivity contribution is 0.0986. The second-order valence-electron chi connectivity index (χ2n) is 8.75. The number of nitrogens with one attached hydrogen (secondary N) is 1. The molecular weight excluding hydrogens is 445 g/mol. The van der Waals surface area contributed by atoms with Crippen molar-refractivity contribution in [2.24, 2.45) is 11.8 Å². The molecule has 0 saturated carbocycles. The van der Waals surface area contributed by atoms with Gasteiger partial charge in [-0.25, -0.2) is 14.2 Å². The van der Waals surface area contributed by atoms with Crippen molar-refractivity contribution in [1.82, 2.24) is 14.5 Å². The minimum absolute atomic E-state index is 0.0167. The molecule has 0 fully saturated rings. The smallest absolute Gasteiger partial charge is 0.330 e. The number of H-pyrrole nitrogens is 1. The topological polar surface area (TPSA) is 114 Å². The Labute approximate surface area is 194 Å². The molecule has 0 atom stereocenters. The van der Waals surface area contributed by atoms with E-state index in [-0.39, 0.29) is 35.7 Å². The van der Waals surface area contributed by atoms with Crippen molar-refractivity contribution in [2.75, 3.05) is 17.2 Å². The van der Waals surface area contributed by atoms with Crippen molar-refractivity contribution >= 4 is 28.7 Å². The van der Waals surface area contributed by atoms with E-state index in [1.807, 2.05) is 27.7 Å². The van der Waals surface area contributed by atoms with Gasteiger partial charge in [0.05, 0.1) is 5.69 Å². The Balaban J connectivity index is 2.12. The Morgan fingerprint density at radius 1 is 1.18 bits per heavy atom. The SMILES string of the molecule is Cc1nc(-c2ccc(F)cc2)sc1C(=O)N(CC(C)C)c1c(N)n(CC(C)C)c(=O)[nH]c1=O. The molecule has 2 heterocycles. The number of nitrogens with zero attached hydrogens (tertiary/aromatic N) is 3. The normalized spacial score (nSPS) is 11.4. The summed E-state index contributed by atoms with van der Waals surface area (Å²) in [5.74, 6) is -0.730. The fraction of sp³-hybridized carbons (Fsp3) is 0.391. The first-order chi connectivity index (χ1) is 15.5. The van der Waals surface area contributed by atoms with E-state index in [0.717, 1.165) is 11.3 Å². The standard InChI is InChI=1S/C23H28FN5O3S/c1-12(2)10-28(17-19(25)29(11-13(3)4)23(32)27-20(17)30)22(31)18-14(5)26-21(33-18)15-6-8-16(24)9-7-15/h6-9,12-13H,10-11,25H2,1-5H3,(H,27,30,32). The van der Waals surface area contributed by atoms with Crippen LogP contribution in [0.1, 0.15) is 43.1 Å². The third-order valence-corrected chi connectivity index (χ3v) is 6.10. The molecule has 0 unspecified atom stereocenters. The zero-order valence-corrected chi connectivity index (χ0v) is 20.1. The number of benzene rings is 1. The van der Waals surface area contributed by atoms with Gasteiger partial charge in [-0.1, -0.05) is 27.7 Å². The number of anilines is 2. The lowest BCUT2D eigenvalue weighted by atomic mass is 10.1. The summed E-state index contributed by atoms with van der Waals surface area (Å²) < 4.78 is 14.6. The average Bonchev–Trinajstić information content (AvgIpc) is 3.11. The lowest BCUT2D eigenvalue weighted by Gasteiger charge is -2.26. The van der Waals surface area contributed by atoms with Crippen LogP contribution in [0.3, 0.4) is 0 Å². The number of aromatic amines is 1. The van der Waals surface area contributed by atoms with Crippen molar-refractivity contribution < 1.29 is 9.18 Å². The maximum absolute atomic E-state index is 13.7. The summed E-state index contributed by atoms with van der Waals surface area (Å²) in [5.41, 5.74) is 6.07. The molecule has 3 N–H and O–H groups in total. The summed E-state index contributed by atoms with van der Waals surface area (Å²) in [6.07, 6.45) is 0. The Bertz CT molecular complexity index is 1270. The number of aryl methyl sites for hydroxylation is 1. The fourth-order valence-electron chi connectivity index (χ4n) is 3.46. The second kappa shape index (κ2) is 9.70. The highest BCUT2D eigenvalue weighted by atomic mass is 32.1. The quantitative estimate of drug-likeness (QED) is 0.544. The molecule has 1 amide bonds. The number of hydrogen-bond donors (Lipinski definition) is 2. The van der Waals surface area contributed by atoms with Crippen LogP contribution >= 0.6 is 11.3 Å². The van der Waals surface area contributed by atoms with Gasteiger partial charge in [0.15, 0.2) is 5.69 Å². The van der Waals surface area contributed by atoms with Crippen LogP contribution in [-0.4, -0.2) is 27.0 Å². The number of nitrogen functional groups attached to an aromatic ring is 1. The largest absolute Gasteiger partial charge is 0.383 e. The highest BCUT2D eigenvalue weighted by Crippen LogP contribution is 2.31. The van der Waals surface area contributed by atoms with Crippen LogP contribution in [0, 0.1) is 24.6 Å². The van der Waals surface area contributed by atoms with E-state index in [0.29, 0.717) is 27.7 Å². The van der Waals surface area contributed by atoms with Crippen molar-refractivity contribution in [2.45, 2.75) is 41.2 Å². The van der Waals surface area contributed by atoms with Gasteiger partial charge < -0.3 is 5.73 Å². The van der Waals surface area contributed by atoms with E-state index < -0.39 is 17.2 Å². The summed E-state index contributed by atoms with van der Waals surface area (Å²) in [6.45, 7) is 9.90. The van der Waals surface area contributed by atoms with Gasteiger partial charge in [-0.15, -0.1) is 11.3 Å². The maximum Gasteiger partial charge on any atom is 0.330 e. The predicted octanol–water partition coefficient (Wildman–Crippen LogP) is 3.65. The highest BCUT2D eigenvalue weighted by molar-refractivity contribution is 7.17. The molecule has 176 valence electrons. The van der Waals surface area contributed by atoms with Crippen molar-refractivity contribution in [3.63, 3.8) is 0 Å². The molecule has 0 aliphatic heterocycles. The Kier molecular flexibility index (Phi) is 7.16. The number of amides is 1. The summed E-state index contributed by atoms with van der Waals surface area (Å²) in [4.78, 5) is 47.3. The molecule has 0 radical (unpaired) electrons. The van der Waals surface area contributed by atoms with E-state index in [1.165, 1.54) is 21.6 Å². The Hall–Kier alpha value is -3.27. The van der Waals surface area contributed by atoms with E-state index in [1.54, 1.807) is 19.1 Å². The number of halogens is 1. The predicted molar refractivity (Wildman–Crippen MR) is 129 cm³/mol. The number of aromatic nitrogens is 3. The van der Waals surface area contributed by atoms with Crippen molar-refractivity contribution in [3.8, 4) is 10.6 Å². The number of carbonyl (C=O) groups excluding carboxylic acids is 1. The Morgan fingerprint density at radius 3 is 2.39 bits per heavy atom. The zero-order chi connectivity index (χ0) is 24.4. The molecule has 0 bridgehead atoms. The van der Waals surface area contributed by atoms with Crippen molar-refractivity contribution in [3.05, 3.63) is 61.5 Å². The van der Waals surface area contributed by atoms with Crippen LogP contribution in [0.25, 0.3) is 10.6 Å². The van der Waals surface area contributed by atoms with Gasteiger partial charge in [0.25, 0.3) is 11.5 Å². The second-order valence-corrected chi connectivity index (χ2v) is 9.75. The van der Waals surface area contributed by atoms with Gasteiger partial charge in [-0.2, -0.15) is 0 Å². The maximum atomic E-state index is 13.7. The van der Waals surface area contributed by atoms with Crippen LogP contribution in [0.2, 0.25) is 0 Å². The summed E-state index contributed by atoms with van der Waals surface area (Å²) >= 11 is 1.16. The Morgan fingerprint density at radius 2 is 1.82 bits per heavy atom. The molecule has 2 aromatic heterocycles. The number of rotatable bonds is 7. The van der Waals surface area contributed by atoms with E-state index in [9.17, 15) is 18.8 Å². The number of nitrogens with two attached hydrogens (primary N) is 1. The molecule has 33 heavy (non-hydrogen) atoms. The molecule has 0 saturated heterocycles. The van der Waals surface area contributed by atoms with E-state index >= 15 is 0 Å². The molecule has 0 spiro atoms. The van der Waals surface area contributed by atoms with Crippen LogP contribution < -0.4 is 21.9 Å². The summed E-state index contributed by atoms with van der Waals surface area (Å²) in [5, 5.41) is 0.562. The van der Waals surface area contributed by atoms with Gasteiger partial charge in [-0.05, 0) is 43.0 Å². The first-order valence-electron chi connectivity index (χ1n) is 10.7. The zero-order valence-electron chi connectivity index (χ0n) is 19.3. The van der Waals surface area contributed by atoms with Gasteiger partial charge in [0.2, 0.25) is 0 Å². The number of hydrogen-bond acceptors (Lipinski definition) is 6. The number of carbonyl (C=O) groups is 1. The molecule has 1 aromatic carbocycles. The number of thiazole rings is 1. The minimum atomic E-state index is -0.715. The monoisotopic (exact) mass is 473 g/mol. The summed E-state index contributed by atoms with van der Waals surface area (Å²) in [6, 6.07) is 5.85. The lowest BCUT2D eigenvalue weighted by Crippen LogP contribution is -2.43. The molecule has 0 aliphatic rings. The molecular formula is C23H28FN5O3S. The van der Waals surface area contributed by atoms with Gasteiger partial charge in [-0.3, -0.25) is 24.0 Å². The van der Waals surface area contributed by atoms with Gasteiger partial charge in [0, 0.05) is 18.7 Å². The molecule has 3 rings (SSSR count).